The SMILES string of the molecule is C=CCc1ccc(OP(=O)(C=C)Oc2ccc(CC=C)cc2)cc1. The summed E-state index contributed by atoms with van der Waals surface area (Å²) in [5.41, 5.74) is 2.20. The van der Waals surface area contributed by atoms with Crippen molar-refractivity contribution in [2.24, 2.45) is 0 Å². The van der Waals surface area contributed by atoms with E-state index in [1.165, 1.54) is 5.82 Å². The van der Waals surface area contributed by atoms with E-state index in [-0.39, 0.29) is 0 Å². The van der Waals surface area contributed by atoms with Gasteiger partial charge in [0.25, 0.3) is 0 Å². The van der Waals surface area contributed by atoms with E-state index in [1.54, 1.807) is 24.3 Å². The van der Waals surface area contributed by atoms with Gasteiger partial charge in [0.1, 0.15) is 11.5 Å². The molecule has 0 atom stereocenters. The first kappa shape index (κ1) is 17.8. The average Bonchev–Trinajstić information content (AvgIpc) is 2.59. The van der Waals surface area contributed by atoms with Crippen molar-refractivity contribution in [3.05, 3.63) is 97.4 Å². The van der Waals surface area contributed by atoms with Gasteiger partial charge in [-0.3, -0.25) is 0 Å². The molecule has 2 aromatic rings. The lowest BCUT2D eigenvalue weighted by Crippen LogP contribution is -1.98. The highest BCUT2D eigenvalue weighted by molar-refractivity contribution is 7.58. The summed E-state index contributed by atoms with van der Waals surface area (Å²) in [5.74, 6) is 2.14. The van der Waals surface area contributed by atoms with Gasteiger partial charge in [0.15, 0.2) is 0 Å². The molecule has 0 radical (unpaired) electrons. The summed E-state index contributed by atoms with van der Waals surface area (Å²) in [6, 6.07) is 14.6. The summed E-state index contributed by atoms with van der Waals surface area (Å²) in [7, 11) is -3.48. The standard InChI is InChI=1S/C20H21O3P/c1-4-7-17-9-13-19(14-10-17)22-24(21,6-3)23-20-15-11-18(8-5-2)12-16-20/h4-6,9-16H,1-3,7-8H2. The van der Waals surface area contributed by atoms with E-state index in [2.05, 4.69) is 19.7 Å². The van der Waals surface area contributed by atoms with Crippen LogP contribution in [0.1, 0.15) is 11.1 Å². The van der Waals surface area contributed by atoms with Gasteiger partial charge in [-0.05, 0) is 48.2 Å². The lowest BCUT2D eigenvalue weighted by atomic mass is 10.1. The quantitative estimate of drug-likeness (QED) is 0.419. The van der Waals surface area contributed by atoms with E-state index in [0.29, 0.717) is 11.5 Å². The summed E-state index contributed by atoms with van der Waals surface area (Å²) >= 11 is 0. The Labute approximate surface area is 143 Å². The minimum absolute atomic E-state index is 0.467. The van der Waals surface area contributed by atoms with Crippen molar-refractivity contribution in [1.82, 2.24) is 0 Å². The third-order valence-electron chi connectivity index (χ3n) is 3.30. The molecule has 2 rings (SSSR count). The molecule has 24 heavy (non-hydrogen) atoms. The highest BCUT2D eigenvalue weighted by Crippen LogP contribution is 2.49. The number of benzene rings is 2. The van der Waals surface area contributed by atoms with Crippen LogP contribution in [0.25, 0.3) is 0 Å². The Kier molecular flexibility index (Phi) is 6.22. The van der Waals surface area contributed by atoms with Gasteiger partial charge in [-0.15, -0.1) is 13.2 Å². The minimum atomic E-state index is -3.48. The van der Waals surface area contributed by atoms with Crippen molar-refractivity contribution in [1.29, 1.82) is 0 Å². The van der Waals surface area contributed by atoms with Gasteiger partial charge in [-0.2, -0.15) is 0 Å². The maximum Gasteiger partial charge on any atom is 0.455 e. The minimum Gasteiger partial charge on any atom is -0.413 e. The van der Waals surface area contributed by atoms with Gasteiger partial charge >= 0.3 is 7.60 Å². The van der Waals surface area contributed by atoms with Crippen LogP contribution >= 0.6 is 7.60 Å². The van der Waals surface area contributed by atoms with E-state index in [4.69, 9.17) is 9.05 Å². The Bertz CT molecular complexity index is 686. The maximum atomic E-state index is 12.7. The molecule has 0 heterocycles. The third-order valence-corrected chi connectivity index (χ3v) is 4.67. The van der Waals surface area contributed by atoms with Crippen molar-refractivity contribution in [3.63, 3.8) is 0 Å². The van der Waals surface area contributed by atoms with Gasteiger partial charge in [0.2, 0.25) is 0 Å². The average molecular weight is 340 g/mol. The Morgan fingerprint density at radius 1 is 0.750 bits per heavy atom. The van der Waals surface area contributed by atoms with Crippen molar-refractivity contribution in [3.8, 4) is 11.5 Å². The molecule has 0 bridgehead atoms. The fraction of sp³-hybridized carbons (Fsp3) is 0.100. The predicted molar refractivity (Wildman–Crippen MR) is 99.7 cm³/mol. The second-order valence-corrected chi connectivity index (χ2v) is 6.99. The topological polar surface area (TPSA) is 35.5 Å². The van der Waals surface area contributed by atoms with Gasteiger partial charge < -0.3 is 9.05 Å². The van der Waals surface area contributed by atoms with Crippen LogP contribution < -0.4 is 9.05 Å². The highest BCUT2D eigenvalue weighted by Gasteiger charge is 2.23. The molecule has 0 unspecified atom stereocenters. The van der Waals surface area contributed by atoms with Crippen molar-refractivity contribution in [2.75, 3.05) is 0 Å². The van der Waals surface area contributed by atoms with Crippen LogP contribution in [0.15, 0.2) is 86.2 Å². The van der Waals surface area contributed by atoms with Crippen LogP contribution in [0, 0.1) is 0 Å². The molecule has 0 N–H and O–H groups in total. The summed E-state index contributed by atoms with van der Waals surface area (Å²) in [4.78, 5) is 0. The summed E-state index contributed by atoms with van der Waals surface area (Å²) < 4.78 is 23.8. The predicted octanol–water partition coefficient (Wildman–Crippen LogP) is 5.94. The molecule has 124 valence electrons. The lowest BCUT2D eigenvalue weighted by Gasteiger charge is -2.17. The van der Waals surface area contributed by atoms with Crippen molar-refractivity contribution in [2.45, 2.75) is 12.8 Å². The van der Waals surface area contributed by atoms with Crippen molar-refractivity contribution >= 4 is 7.60 Å². The number of hydrogen-bond acceptors (Lipinski definition) is 3. The second kappa shape index (κ2) is 8.37. The zero-order valence-electron chi connectivity index (χ0n) is 13.6. The van der Waals surface area contributed by atoms with Crippen LogP contribution in [-0.4, -0.2) is 0 Å². The van der Waals surface area contributed by atoms with E-state index >= 15 is 0 Å². The van der Waals surface area contributed by atoms with Crippen LogP contribution in [0.4, 0.5) is 0 Å². The van der Waals surface area contributed by atoms with Crippen LogP contribution in [0.5, 0.6) is 11.5 Å². The molecule has 0 aromatic heterocycles. The summed E-state index contributed by atoms with van der Waals surface area (Å²) in [6.07, 6.45) is 5.19. The number of hydrogen-bond donors (Lipinski definition) is 0. The third kappa shape index (κ3) is 5.00. The first-order chi connectivity index (χ1) is 11.6. The normalized spacial score (nSPS) is 10.7. The largest absolute Gasteiger partial charge is 0.455 e. The zero-order chi connectivity index (χ0) is 17.4. The molecule has 0 amide bonds. The van der Waals surface area contributed by atoms with Crippen LogP contribution in [-0.2, 0) is 17.4 Å². The zero-order valence-corrected chi connectivity index (χ0v) is 14.5. The fourth-order valence-corrected chi connectivity index (χ4v) is 3.11. The molecule has 2 aromatic carbocycles. The van der Waals surface area contributed by atoms with E-state index in [0.717, 1.165) is 24.0 Å². The van der Waals surface area contributed by atoms with Gasteiger partial charge in [-0.1, -0.05) is 43.0 Å². The molecule has 0 aliphatic carbocycles. The summed E-state index contributed by atoms with van der Waals surface area (Å²) in [6.45, 7) is 11.0. The summed E-state index contributed by atoms with van der Waals surface area (Å²) in [5, 5.41) is 0. The molecule has 4 heteroatoms. The molecule has 0 aliphatic rings. The molecular formula is C20H21O3P. The molecule has 0 saturated heterocycles. The molecule has 0 fully saturated rings. The Hall–Kier alpha value is -2.51. The lowest BCUT2D eigenvalue weighted by molar-refractivity contribution is 0.398. The molecule has 0 spiro atoms. The first-order valence-corrected chi connectivity index (χ1v) is 9.22. The van der Waals surface area contributed by atoms with Gasteiger partial charge in [-0.25, -0.2) is 4.57 Å². The highest BCUT2D eigenvalue weighted by atomic mass is 31.2. The Morgan fingerprint density at radius 2 is 1.12 bits per heavy atom. The van der Waals surface area contributed by atoms with Crippen LogP contribution in [0.3, 0.4) is 0 Å². The fourth-order valence-electron chi connectivity index (χ4n) is 2.09. The smallest absolute Gasteiger partial charge is 0.413 e. The Morgan fingerprint density at radius 3 is 1.42 bits per heavy atom. The molecule has 3 nitrogen and oxygen atoms in total. The molecule has 0 aliphatic heterocycles. The molecular weight excluding hydrogens is 319 g/mol. The Balaban J connectivity index is 2.09. The van der Waals surface area contributed by atoms with Gasteiger partial charge in [0.05, 0.1) is 0 Å². The van der Waals surface area contributed by atoms with E-state index < -0.39 is 7.60 Å². The van der Waals surface area contributed by atoms with E-state index in [9.17, 15) is 4.57 Å². The maximum absolute atomic E-state index is 12.7. The van der Waals surface area contributed by atoms with Crippen LogP contribution in [0.2, 0.25) is 0 Å². The number of rotatable bonds is 9. The van der Waals surface area contributed by atoms with Crippen molar-refractivity contribution < 1.29 is 13.6 Å². The van der Waals surface area contributed by atoms with E-state index in [1.807, 2.05) is 36.4 Å². The monoisotopic (exact) mass is 340 g/mol. The second-order valence-electron chi connectivity index (χ2n) is 5.18. The molecule has 0 saturated carbocycles. The number of allylic oxidation sites excluding steroid dienone is 2. The first-order valence-electron chi connectivity index (χ1n) is 7.61. The van der Waals surface area contributed by atoms with Gasteiger partial charge in [0, 0.05) is 5.82 Å².